The Hall–Kier alpha value is -1.31. The summed E-state index contributed by atoms with van der Waals surface area (Å²) in [6.07, 6.45) is 10.2. The predicted octanol–water partition coefficient (Wildman–Crippen LogP) is 7.64. The van der Waals surface area contributed by atoms with Gasteiger partial charge < -0.3 is 4.42 Å². The van der Waals surface area contributed by atoms with Crippen LogP contribution in [0.1, 0.15) is 99.6 Å². The summed E-state index contributed by atoms with van der Waals surface area (Å²) < 4.78 is 5.35. The van der Waals surface area contributed by atoms with Gasteiger partial charge in [-0.05, 0) is 19.4 Å². The van der Waals surface area contributed by atoms with Crippen molar-refractivity contribution in [3.8, 4) is 0 Å². The van der Waals surface area contributed by atoms with E-state index >= 15 is 0 Å². The van der Waals surface area contributed by atoms with Crippen molar-refractivity contribution in [1.29, 1.82) is 0 Å². The third kappa shape index (κ3) is 15.1. The molecule has 0 radical (unpaired) electrons. The fourth-order valence-electron chi connectivity index (χ4n) is 1.06. The molecule has 0 amide bonds. The molecule has 130 valence electrons. The number of nitrogens with zero attached hydrogens (tertiary/aromatic N) is 1. The lowest BCUT2D eigenvalue weighted by Crippen LogP contribution is -1.87. The lowest BCUT2D eigenvalue weighted by Gasteiger charge is -1.95. The summed E-state index contributed by atoms with van der Waals surface area (Å²) in [6.45, 7) is 20.7. The second kappa shape index (κ2) is 19.7. The molecule has 0 atom stereocenters. The number of hydrogen-bond donors (Lipinski definition) is 0. The minimum Gasteiger partial charge on any atom is -0.448 e. The first-order chi connectivity index (χ1) is 10.5. The lowest BCUT2D eigenvalue weighted by molar-refractivity contribution is 0.471. The van der Waals surface area contributed by atoms with E-state index < -0.39 is 0 Å². The number of hydrogen-bond acceptors (Lipinski definition) is 2. The van der Waals surface area contributed by atoms with E-state index in [4.69, 9.17) is 4.42 Å². The molecule has 0 aromatic carbocycles. The van der Waals surface area contributed by atoms with Crippen molar-refractivity contribution in [2.75, 3.05) is 0 Å². The van der Waals surface area contributed by atoms with Gasteiger partial charge in [0.2, 0.25) is 0 Å². The summed E-state index contributed by atoms with van der Waals surface area (Å²) in [4.78, 5) is 4.39. The Labute approximate surface area is 139 Å². The maximum atomic E-state index is 5.35. The third-order valence-corrected chi connectivity index (χ3v) is 1.96. The molecule has 2 heteroatoms. The highest BCUT2D eigenvalue weighted by atomic mass is 16.3. The van der Waals surface area contributed by atoms with Gasteiger partial charge in [0.15, 0.2) is 5.89 Å². The van der Waals surface area contributed by atoms with Gasteiger partial charge in [0.25, 0.3) is 0 Å². The van der Waals surface area contributed by atoms with E-state index in [9.17, 15) is 0 Å². The molecule has 1 rings (SSSR count). The summed E-state index contributed by atoms with van der Waals surface area (Å²) in [5.74, 6) is 1.14. The van der Waals surface area contributed by atoms with Crippen LogP contribution in [0.15, 0.2) is 28.9 Å². The van der Waals surface area contributed by atoms with Gasteiger partial charge in [-0.1, -0.05) is 86.5 Å². The molecule has 0 aliphatic rings. The average molecular weight is 310 g/mol. The largest absolute Gasteiger partial charge is 0.448 e. The van der Waals surface area contributed by atoms with Crippen LogP contribution in [0.3, 0.4) is 0 Å². The minimum atomic E-state index is 0.346. The molecule has 0 aliphatic carbocycles. The van der Waals surface area contributed by atoms with E-state index in [0.717, 1.165) is 17.2 Å². The molecule has 1 heterocycles. The van der Waals surface area contributed by atoms with Crippen LogP contribution < -0.4 is 0 Å². The molecule has 0 bridgehead atoms. The first-order valence-corrected chi connectivity index (χ1v) is 8.73. The maximum Gasteiger partial charge on any atom is 0.197 e. The molecule has 0 aliphatic heterocycles. The number of allylic oxidation sites excluding steroid dienone is 4. The van der Waals surface area contributed by atoms with Gasteiger partial charge in [0.05, 0.1) is 0 Å². The van der Waals surface area contributed by atoms with E-state index in [1.807, 2.05) is 45.9 Å². The number of aromatic nitrogens is 1. The Morgan fingerprint density at radius 3 is 1.91 bits per heavy atom. The number of oxazole rings is 1. The van der Waals surface area contributed by atoms with Crippen LogP contribution in [0.5, 0.6) is 0 Å². The second-order valence-electron chi connectivity index (χ2n) is 5.02. The van der Waals surface area contributed by atoms with Crippen molar-refractivity contribution in [2.24, 2.45) is 0 Å². The Balaban J connectivity index is -0.000000382. The van der Waals surface area contributed by atoms with Crippen molar-refractivity contribution in [3.63, 3.8) is 0 Å². The second-order valence-corrected chi connectivity index (χ2v) is 5.02. The first kappa shape index (κ1) is 25.6. The van der Waals surface area contributed by atoms with Crippen LogP contribution in [0.2, 0.25) is 0 Å². The molecule has 0 N–H and O–H groups in total. The smallest absolute Gasteiger partial charge is 0.197 e. The molecule has 0 saturated carbocycles. The summed E-state index contributed by atoms with van der Waals surface area (Å²) >= 11 is 0. The highest BCUT2D eigenvalue weighted by Crippen LogP contribution is 2.18. The van der Waals surface area contributed by atoms with Gasteiger partial charge in [0, 0.05) is 5.92 Å². The molecule has 0 fully saturated rings. The quantitative estimate of drug-likeness (QED) is 0.536. The lowest BCUT2D eigenvalue weighted by atomic mass is 10.2. The summed E-state index contributed by atoms with van der Waals surface area (Å²) in [6, 6.07) is 0. The minimum absolute atomic E-state index is 0.346. The summed E-state index contributed by atoms with van der Waals surface area (Å²) in [5, 5.41) is 0. The topological polar surface area (TPSA) is 26.0 Å². The molecule has 2 nitrogen and oxygen atoms in total. The molecule has 22 heavy (non-hydrogen) atoms. The predicted molar refractivity (Wildman–Crippen MR) is 102 cm³/mol. The molecule has 1 aromatic heterocycles. The van der Waals surface area contributed by atoms with Gasteiger partial charge in [-0.15, -0.1) is 0 Å². The Bertz CT molecular complexity index is 371. The van der Waals surface area contributed by atoms with Crippen molar-refractivity contribution in [3.05, 3.63) is 36.1 Å². The van der Waals surface area contributed by atoms with Crippen molar-refractivity contribution < 1.29 is 4.42 Å². The van der Waals surface area contributed by atoms with Crippen LogP contribution in [-0.2, 0) is 0 Å². The molecule has 0 unspecified atom stereocenters. The Morgan fingerprint density at radius 1 is 1.14 bits per heavy atom. The first-order valence-electron chi connectivity index (χ1n) is 8.73. The molecular weight excluding hydrogens is 270 g/mol. The molecule has 0 spiro atoms. The van der Waals surface area contributed by atoms with Crippen LogP contribution in [0, 0.1) is 0 Å². The Morgan fingerprint density at radius 2 is 1.59 bits per heavy atom. The van der Waals surface area contributed by atoms with Gasteiger partial charge in [0.1, 0.15) is 12.0 Å². The third-order valence-electron chi connectivity index (χ3n) is 1.96. The van der Waals surface area contributed by atoms with E-state index in [0.29, 0.717) is 5.92 Å². The van der Waals surface area contributed by atoms with Gasteiger partial charge in [-0.2, -0.15) is 0 Å². The zero-order valence-corrected chi connectivity index (χ0v) is 16.7. The van der Waals surface area contributed by atoms with Gasteiger partial charge in [-0.3, -0.25) is 0 Å². The standard InChI is InChI=1S/C12H17NO.2C3H8.C2H6/c1-5-6-7-10(4)11-8-14-12(13-11)9(2)3;2*1-3-2;1-2/h5-9H,1-4H3;2*3H2,1-2H3;1-2H3/b6-5-,10-7+;;;. The SMILES string of the molecule is C/C=C\C=C(/C)c1coc(C(C)C)n1.CC.CCC.CCC. The summed E-state index contributed by atoms with van der Waals surface area (Å²) in [7, 11) is 0. The maximum absolute atomic E-state index is 5.35. The fraction of sp³-hybridized carbons (Fsp3) is 0.650. The highest BCUT2D eigenvalue weighted by molar-refractivity contribution is 5.61. The number of rotatable bonds is 3. The van der Waals surface area contributed by atoms with Gasteiger partial charge in [-0.25, -0.2) is 4.98 Å². The van der Waals surface area contributed by atoms with E-state index in [-0.39, 0.29) is 0 Å². The Kier molecular flexibility index (Phi) is 22.9. The molecule has 0 saturated heterocycles. The van der Waals surface area contributed by atoms with Gasteiger partial charge >= 0.3 is 0 Å². The molecular formula is C20H39NO. The highest BCUT2D eigenvalue weighted by Gasteiger charge is 2.07. The fourth-order valence-corrected chi connectivity index (χ4v) is 1.06. The van der Waals surface area contributed by atoms with Crippen molar-refractivity contribution in [1.82, 2.24) is 4.98 Å². The zero-order chi connectivity index (χ0) is 18.0. The van der Waals surface area contributed by atoms with E-state index in [2.05, 4.69) is 46.5 Å². The van der Waals surface area contributed by atoms with Crippen LogP contribution in [0.25, 0.3) is 5.57 Å². The van der Waals surface area contributed by atoms with E-state index in [1.165, 1.54) is 12.8 Å². The van der Waals surface area contributed by atoms with E-state index in [1.54, 1.807) is 6.26 Å². The van der Waals surface area contributed by atoms with Crippen LogP contribution in [0.4, 0.5) is 0 Å². The normalized spacial score (nSPS) is 10.2. The zero-order valence-electron chi connectivity index (χ0n) is 16.7. The van der Waals surface area contributed by atoms with Crippen molar-refractivity contribution >= 4 is 5.57 Å². The van der Waals surface area contributed by atoms with Crippen LogP contribution in [-0.4, -0.2) is 4.98 Å². The monoisotopic (exact) mass is 309 g/mol. The average Bonchev–Trinajstić information content (AvgIpc) is 2.99. The van der Waals surface area contributed by atoms with Crippen LogP contribution >= 0.6 is 0 Å². The molecule has 1 aromatic rings. The summed E-state index contributed by atoms with van der Waals surface area (Å²) in [5.41, 5.74) is 2.05. The van der Waals surface area contributed by atoms with Crippen molar-refractivity contribution in [2.45, 2.75) is 88.0 Å².